The van der Waals surface area contributed by atoms with Crippen LogP contribution in [-0.2, 0) is 10.3 Å². The van der Waals surface area contributed by atoms with E-state index < -0.39 is 11.5 Å². The summed E-state index contributed by atoms with van der Waals surface area (Å²) < 4.78 is 5.59. The Balaban J connectivity index is 2.51. The van der Waals surface area contributed by atoms with Crippen molar-refractivity contribution < 1.29 is 14.6 Å². The highest BCUT2D eigenvalue weighted by molar-refractivity contribution is 5.69. The molecule has 1 aliphatic heterocycles. The number of aliphatic carboxylic acids is 1. The van der Waals surface area contributed by atoms with Gasteiger partial charge in [-0.3, -0.25) is 9.69 Å². The number of ether oxygens (including phenoxy) is 1. The molecule has 1 unspecified atom stereocenters. The fourth-order valence-electron chi connectivity index (χ4n) is 2.50. The molecule has 2 rings (SSSR count). The van der Waals surface area contributed by atoms with Crippen LogP contribution in [0.3, 0.4) is 0 Å². The van der Waals surface area contributed by atoms with E-state index in [1.165, 1.54) is 0 Å². The minimum Gasteiger partial charge on any atom is -0.493 e. The van der Waals surface area contributed by atoms with Crippen LogP contribution in [0.15, 0.2) is 24.3 Å². The molecule has 0 amide bonds. The maximum Gasteiger partial charge on any atom is 0.305 e. The predicted octanol–water partition coefficient (Wildman–Crippen LogP) is 1.70. The fraction of sp³-hybridized carbons (Fsp3) is 0.462. The highest BCUT2D eigenvalue weighted by Gasteiger charge is 2.41. The van der Waals surface area contributed by atoms with E-state index in [2.05, 4.69) is 0 Å². The van der Waals surface area contributed by atoms with E-state index in [4.69, 9.17) is 9.84 Å². The van der Waals surface area contributed by atoms with Crippen molar-refractivity contribution in [3.63, 3.8) is 0 Å². The lowest BCUT2D eigenvalue weighted by Gasteiger charge is -2.43. The molecule has 1 aromatic rings. The number of carboxylic acids is 1. The number of nitrogens with zero attached hydrogens (tertiary/aromatic N) is 1. The number of para-hydroxylation sites is 1. The first-order valence-electron chi connectivity index (χ1n) is 5.68. The van der Waals surface area contributed by atoms with Gasteiger partial charge in [0.2, 0.25) is 0 Å². The van der Waals surface area contributed by atoms with Gasteiger partial charge in [-0.2, -0.15) is 0 Å². The van der Waals surface area contributed by atoms with Crippen molar-refractivity contribution in [3.8, 4) is 5.75 Å². The van der Waals surface area contributed by atoms with E-state index in [0.717, 1.165) is 11.3 Å². The van der Waals surface area contributed by atoms with E-state index >= 15 is 0 Å². The number of fused-ring (bicyclic) bond motifs is 1. The quantitative estimate of drug-likeness (QED) is 0.866. The second kappa shape index (κ2) is 4.37. The zero-order chi connectivity index (χ0) is 12.5. The molecule has 0 aliphatic carbocycles. The van der Waals surface area contributed by atoms with Crippen LogP contribution in [-0.4, -0.2) is 36.7 Å². The molecule has 1 N–H and O–H groups in total. The normalized spacial score (nSPS) is 23.0. The highest BCUT2D eigenvalue weighted by Crippen LogP contribution is 2.42. The third-order valence-corrected chi connectivity index (χ3v) is 3.46. The molecule has 1 heterocycles. The van der Waals surface area contributed by atoms with Crippen molar-refractivity contribution >= 4 is 5.97 Å². The predicted molar refractivity (Wildman–Crippen MR) is 64.2 cm³/mol. The summed E-state index contributed by atoms with van der Waals surface area (Å²) in [4.78, 5) is 13.1. The molecule has 0 bridgehead atoms. The third-order valence-electron chi connectivity index (χ3n) is 3.46. The van der Waals surface area contributed by atoms with Crippen LogP contribution in [0.5, 0.6) is 5.75 Å². The van der Waals surface area contributed by atoms with Crippen molar-refractivity contribution in [1.82, 2.24) is 4.90 Å². The molecule has 0 saturated carbocycles. The Morgan fingerprint density at radius 3 is 2.82 bits per heavy atom. The van der Waals surface area contributed by atoms with Gasteiger partial charge in [0.1, 0.15) is 5.75 Å². The van der Waals surface area contributed by atoms with E-state index in [1.807, 2.05) is 43.3 Å². The minimum atomic E-state index is -0.782. The van der Waals surface area contributed by atoms with Crippen LogP contribution >= 0.6 is 0 Å². The molecule has 0 radical (unpaired) electrons. The number of hydrogen-bond acceptors (Lipinski definition) is 3. The van der Waals surface area contributed by atoms with E-state index in [1.54, 1.807) is 0 Å². The number of carboxylic acid groups (broad SMARTS) is 1. The summed E-state index contributed by atoms with van der Waals surface area (Å²) in [6.45, 7) is 0.558. The maximum atomic E-state index is 11.1. The molecule has 4 nitrogen and oxygen atoms in total. The van der Waals surface area contributed by atoms with Crippen molar-refractivity contribution in [3.05, 3.63) is 29.8 Å². The Morgan fingerprint density at radius 1 is 1.47 bits per heavy atom. The van der Waals surface area contributed by atoms with Gasteiger partial charge in [0.15, 0.2) is 0 Å². The van der Waals surface area contributed by atoms with Gasteiger partial charge in [0, 0.05) is 12.0 Å². The monoisotopic (exact) mass is 235 g/mol. The van der Waals surface area contributed by atoms with Crippen LogP contribution < -0.4 is 4.74 Å². The Kier molecular flexibility index (Phi) is 3.07. The van der Waals surface area contributed by atoms with Crippen LogP contribution in [0.25, 0.3) is 0 Å². The number of hydrogen-bond donors (Lipinski definition) is 1. The van der Waals surface area contributed by atoms with Crippen LogP contribution in [0, 0.1) is 0 Å². The largest absolute Gasteiger partial charge is 0.493 e. The lowest BCUT2D eigenvalue weighted by atomic mass is 9.80. The molecular formula is C13H17NO3. The molecule has 17 heavy (non-hydrogen) atoms. The van der Waals surface area contributed by atoms with E-state index in [-0.39, 0.29) is 6.42 Å². The lowest BCUT2D eigenvalue weighted by molar-refractivity contribution is -0.140. The molecule has 1 aliphatic rings. The second-order valence-corrected chi connectivity index (χ2v) is 4.59. The molecule has 0 fully saturated rings. The van der Waals surface area contributed by atoms with E-state index in [9.17, 15) is 4.79 Å². The molecule has 1 aromatic carbocycles. The zero-order valence-electron chi connectivity index (χ0n) is 10.1. The fourth-order valence-corrected chi connectivity index (χ4v) is 2.50. The van der Waals surface area contributed by atoms with Gasteiger partial charge < -0.3 is 9.84 Å². The molecule has 0 aromatic heterocycles. The Hall–Kier alpha value is -1.55. The average Bonchev–Trinajstić information content (AvgIpc) is 2.28. The first kappa shape index (κ1) is 11.9. The van der Waals surface area contributed by atoms with Crippen molar-refractivity contribution in [2.45, 2.75) is 18.4 Å². The first-order chi connectivity index (χ1) is 8.06. The molecule has 0 spiro atoms. The molecule has 1 atom stereocenters. The van der Waals surface area contributed by atoms with Crippen molar-refractivity contribution in [1.29, 1.82) is 0 Å². The van der Waals surface area contributed by atoms with Gasteiger partial charge in [-0.05, 0) is 20.2 Å². The van der Waals surface area contributed by atoms with Gasteiger partial charge in [0.05, 0.1) is 18.6 Å². The van der Waals surface area contributed by atoms with Crippen LogP contribution in [0.2, 0.25) is 0 Å². The summed E-state index contributed by atoms with van der Waals surface area (Å²) in [6.07, 6.45) is 0.795. The number of carbonyl (C=O) groups is 1. The topological polar surface area (TPSA) is 49.8 Å². The first-order valence-corrected chi connectivity index (χ1v) is 5.68. The van der Waals surface area contributed by atoms with Gasteiger partial charge in [-0.1, -0.05) is 18.2 Å². The summed E-state index contributed by atoms with van der Waals surface area (Å²) >= 11 is 0. The Bertz CT molecular complexity index is 430. The maximum absolute atomic E-state index is 11.1. The summed E-state index contributed by atoms with van der Waals surface area (Å²) in [6, 6.07) is 7.69. The molecule has 4 heteroatoms. The zero-order valence-corrected chi connectivity index (χ0v) is 10.1. The molecular weight excluding hydrogens is 218 g/mol. The van der Waals surface area contributed by atoms with Crippen molar-refractivity contribution in [2.75, 3.05) is 20.7 Å². The lowest BCUT2D eigenvalue weighted by Crippen LogP contribution is -2.46. The van der Waals surface area contributed by atoms with E-state index in [0.29, 0.717) is 13.0 Å². The highest BCUT2D eigenvalue weighted by atomic mass is 16.5. The standard InChI is InChI=1S/C13H17NO3/c1-14(2)13(9-12(15)16)7-8-17-11-6-4-3-5-10(11)13/h3-6H,7-9H2,1-2H3,(H,15,16). The van der Waals surface area contributed by atoms with Gasteiger partial charge in [0.25, 0.3) is 0 Å². The van der Waals surface area contributed by atoms with Crippen molar-refractivity contribution in [2.24, 2.45) is 0 Å². The molecule has 0 saturated heterocycles. The molecule has 92 valence electrons. The average molecular weight is 235 g/mol. The summed E-state index contributed by atoms with van der Waals surface area (Å²) in [5, 5.41) is 9.14. The van der Waals surface area contributed by atoms with Crippen LogP contribution in [0.4, 0.5) is 0 Å². The van der Waals surface area contributed by atoms with Gasteiger partial charge in [-0.15, -0.1) is 0 Å². The van der Waals surface area contributed by atoms with Crippen LogP contribution in [0.1, 0.15) is 18.4 Å². The number of rotatable bonds is 3. The third kappa shape index (κ3) is 2.00. The minimum absolute atomic E-state index is 0.0976. The Labute approximate surface area is 101 Å². The SMILES string of the molecule is CN(C)C1(CC(=O)O)CCOc2ccccc21. The second-order valence-electron chi connectivity index (χ2n) is 4.59. The summed E-state index contributed by atoms with van der Waals surface area (Å²) in [5.41, 5.74) is 0.513. The number of benzene rings is 1. The van der Waals surface area contributed by atoms with Gasteiger partial charge >= 0.3 is 5.97 Å². The Morgan fingerprint density at radius 2 is 2.18 bits per heavy atom. The van der Waals surface area contributed by atoms with Gasteiger partial charge in [-0.25, -0.2) is 0 Å². The summed E-state index contributed by atoms with van der Waals surface area (Å²) in [5.74, 6) is 0.0177. The smallest absolute Gasteiger partial charge is 0.305 e. The summed E-state index contributed by atoms with van der Waals surface area (Å²) in [7, 11) is 3.84.